The predicted octanol–water partition coefficient (Wildman–Crippen LogP) is 7.98. The minimum atomic E-state index is -0.348. The quantitative estimate of drug-likeness (QED) is 0.119. The van der Waals surface area contributed by atoms with E-state index in [1.54, 1.807) is 19.1 Å². The average Bonchev–Trinajstić information content (AvgIpc) is 2.75. The Labute approximate surface area is 193 Å². The Hall–Kier alpha value is -2.62. The summed E-state index contributed by atoms with van der Waals surface area (Å²) in [5.74, 6) is -0.0718. The van der Waals surface area contributed by atoms with Crippen molar-refractivity contribution in [2.24, 2.45) is 0 Å². The van der Waals surface area contributed by atoms with Crippen molar-refractivity contribution < 1.29 is 18.7 Å². The van der Waals surface area contributed by atoms with E-state index in [4.69, 9.17) is 9.47 Å². The summed E-state index contributed by atoms with van der Waals surface area (Å²) in [5.41, 5.74) is 2.21. The summed E-state index contributed by atoms with van der Waals surface area (Å²) >= 11 is 0. The summed E-state index contributed by atoms with van der Waals surface area (Å²) in [7, 11) is 0. The predicted molar refractivity (Wildman–Crippen MR) is 132 cm³/mol. The standard InChI is InChI=1S/C28H39FO3/c1-5-7-8-9-10-11-12-21-32-27-18-14-17-26(29)25(27)20-19-23(3)15-13-16-24(4)22-28(30)31-6-2/h13-20,22H,5-12,21H2,1-4H3/b16-13+,20-19+,23-15+,24-22+. The first-order valence-corrected chi connectivity index (χ1v) is 11.8. The summed E-state index contributed by atoms with van der Waals surface area (Å²) in [6, 6.07) is 4.94. The van der Waals surface area contributed by atoms with Gasteiger partial charge in [0.25, 0.3) is 0 Å². The minimum absolute atomic E-state index is 0.296. The van der Waals surface area contributed by atoms with Gasteiger partial charge in [0.1, 0.15) is 11.6 Å². The molecule has 0 heterocycles. The van der Waals surface area contributed by atoms with Crippen molar-refractivity contribution in [1.82, 2.24) is 0 Å². The topological polar surface area (TPSA) is 35.5 Å². The first-order chi connectivity index (χ1) is 15.5. The van der Waals surface area contributed by atoms with Crippen LogP contribution in [0.3, 0.4) is 0 Å². The van der Waals surface area contributed by atoms with Crippen LogP contribution in [-0.2, 0) is 9.53 Å². The van der Waals surface area contributed by atoms with Gasteiger partial charge in [-0.15, -0.1) is 0 Å². The second kappa shape index (κ2) is 17.0. The van der Waals surface area contributed by atoms with E-state index in [1.807, 2.05) is 44.2 Å². The Bertz CT molecular complexity index is 803. The molecule has 0 aliphatic rings. The third-order valence-electron chi connectivity index (χ3n) is 4.88. The van der Waals surface area contributed by atoms with E-state index < -0.39 is 0 Å². The summed E-state index contributed by atoms with van der Waals surface area (Å²) in [4.78, 5) is 11.4. The zero-order valence-corrected chi connectivity index (χ0v) is 20.2. The van der Waals surface area contributed by atoms with Crippen molar-refractivity contribution in [3.63, 3.8) is 0 Å². The van der Waals surface area contributed by atoms with Crippen LogP contribution in [0.2, 0.25) is 0 Å². The number of benzene rings is 1. The second-order valence-corrected chi connectivity index (χ2v) is 7.86. The first-order valence-electron chi connectivity index (χ1n) is 11.8. The molecular formula is C28H39FO3. The van der Waals surface area contributed by atoms with E-state index in [0.717, 1.165) is 24.0 Å². The summed E-state index contributed by atoms with van der Waals surface area (Å²) in [6.45, 7) is 8.72. The molecule has 0 atom stereocenters. The van der Waals surface area contributed by atoms with Gasteiger partial charge in [0.2, 0.25) is 0 Å². The van der Waals surface area contributed by atoms with Gasteiger partial charge in [-0.3, -0.25) is 0 Å². The number of carbonyl (C=O) groups is 1. The zero-order chi connectivity index (χ0) is 23.6. The van der Waals surface area contributed by atoms with Gasteiger partial charge in [-0.1, -0.05) is 81.4 Å². The third kappa shape index (κ3) is 12.3. The lowest BCUT2D eigenvalue weighted by Gasteiger charge is -2.10. The SMILES string of the molecule is CCCCCCCCCOc1cccc(F)c1/C=C/C(C)=C/C=C/C(C)=C/C(=O)OCC. The number of halogens is 1. The maximum absolute atomic E-state index is 14.4. The molecule has 0 aliphatic carbocycles. The maximum atomic E-state index is 14.4. The Morgan fingerprint density at radius 1 is 0.969 bits per heavy atom. The molecule has 0 saturated heterocycles. The van der Waals surface area contributed by atoms with E-state index in [1.165, 1.54) is 44.2 Å². The van der Waals surface area contributed by atoms with Crippen LogP contribution in [0.25, 0.3) is 6.08 Å². The molecule has 32 heavy (non-hydrogen) atoms. The molecule has 0 unspecified atom stereocenters. The van der Waals surface area contributed by atoms with Crippen molar-refractivity contribution in [3.8, 4) is 5.75 Å². The molecule has 0 fully saturated rings. The van der Waals surface area contributed by atoms with Gasteiger partial charge in [0.15, 0.2) is 0 Å². The minimum Gasteiger partial charge on any atom is -0.493 e. The molecule has 0 bridgehead atoms. The number of unbranched alkanes of at least 4 members (excludes halogenated alkanes) is 6. The molecule has 0 aliphatic heterocycles. The fourth-order valence-corrected chi connectivity index (χ4v) is 3.09. The van der Waals surface area contributed by atoms with Crippen molar-refractivity contribution in [2.75, 3.05) is 13.2 Å². The summed E-state index contributed by atoms with van der Waals surface area (Å²) in [5, 5.41) is 0. The van der Waals surface area contributed by atoms with Gasteiger partial charge >= 0.3 is 5.97 Å². The molecule has 0 saturated carbocycles. The highest BCUT2D eigenvalue weighted by Crippen LogP contribution is 2.24. The number of hydrogen-bond donors (Lipinski definition) is 0. The van der Waals surface area contributed by atoms with Gasteiger partial charge in [-0.05, 0) is 51.0 Å². The van der Waals surface area contributed by atoms with Crippen LogP contribution < -0.4 is 4.74 Å². The van der Waals surface area contributed by atoms with Crippen LogP contribution in [0, 0.1) is 5.82 Å². The molecule has 1 aromatic rings. The largest absolute Gasteiger partial charge is 0.493 e. The first kappa shape index (κ1) is 27.4. The number of rotatable bonds is 15. The van der Waals surface area contributed by atoms with Crippen molar-refractivity contribution in [3.05, 3.63) is 71.1 Å². The van der Waals surface area contributed by atoms with Crippen LogP contribution in [-0.4, -0.2) is 19.2 Å². The smallest absolute Gasteiger partial charge is 0.330 e. The molecule has 0 radical (unpaired) electrons. The van der Waals surface area contributed by atoms with Gasteiger partial charge in [0, 0.05) is 6.08 Å². The van der Waals surface area contributed by atoms with Crippen molar-refractivity contribution in [1.29, 1.82) is 0 Å². The fourth-order valence-electron chi connectivity index (χ4n) is 3.09. The van der Waals surface area contributed by atoms with Crippen LogP contribution in [0.1, 0.15) is 78.2 Å². The van der Waals surface area contributed by atoms with Crippen LogP contribution in [0.15, 0.2) is 59.7 Å². The molecule has 1 rings (SSSR count). The van der Waals surface area contributed by atoms with Crippen molar-refractivity contribution in [2.45, 2.75) is 72.6 Å². The summed E-state index contributed by atoms with van der Waals surface area (Å²) in [6.07, 6.45) is 19.1. The molecular weight excluding hydrogens is 403 g/mol. The lowest BCUT2D eigenvalue weighted by Crippen LogP contribution is -2.00. The number of carbonyl (C=O) groups excluding carboxylic acids is 1. The molecule has 0 spiro atoms. The second-order valence-electron chi connectivity index (χ2n) is 7.86. The van der Waals surface area contributed by atoms with Gasteiger partial charge in [0.05, 0.1) is 18.8 Å². The number of esters is 1. The number of ether oxygens (including phenoxy) is 2. The highest BCUT2D eigenvalue weighted by Gasteiger charge is 2.06. The molecule has 3 nitrogen and oxygen atoms in total. The van der Waals surface area contributed by atoms with Gasteiger partial charge < -0.3 is 9.47 Å². The van der Waals surface area contributed by atoms with E-state index in [0.29, 0.717) is 24.5 Å². The van der Waals surface area contributed by atoms with Crippen LogP contribution in [0.4, 0.5) is 4.39 Å². The van der Waals surface area contributed by atoms with Gasteiger partial charge in [-0.25, -0.2) is 9.18 Å². The normalized spacial score (nSPS) is 12.7. The Morgan fingerprint density at radius 2 is 1.69 bits per heavy atom. The Kier molecular flexibility index (Phi) is 14.6. The lowest BCUT2D eigenvalue weighted by atomic mass is 10.1. The molecule has 176 valence electrons. The third-order valence-corrected chi connectivity index (χ3v) is 4.88. The Morgan fingerprint density at radius 3 is 2.41 bits per heavy atom. The number of hydrogen-bond acceptors (Lipinski definition) is 3. The number of allylic oxidation sites excluding steroid dienone is 6. The van der Waals surface area contributed by atoms with Crippen LogP contribution >= 0.6 is 0 Å². The molecule has 0 amide bonds. The Balaban J connectivity index is 2.62. The highest BCUT2D eigenvalue weighted by molar-refractivity contribution is 5.83. The maximum Gasteiger partial charge on any atom is 0.330 e. The van der Waals surface area contributed by atoms with E-state index in [-0.39, 0.29) is 11.8 Å². The van der Waals surface area contributed by atoms with E-state index >= 15 is 0 Å². The van der Waals surface area contributed by atoms with Crippen LogP contribution in [0.5, 0.6) is 5.75 Å². The van der Waals surface area contributed by atoms with E-state index in [2.05, 4.69) is 6.92 Å². The van der Waals surface area contributed by atoms with Crippen molar-refractivity contribution >= 4 is 12.0 Å². The monoisotopic (exact) mass is 442 g/mol. The molecule has 1 aromatic carbocycles. The molecule has 4 heteroatoms. The highest BCUT2D eigenvalue weighted by atomic mass is 19.1. The van der Waals surface area contributed by atoms with E-state index in [9.17, 15) is 9.18 Å². The zero-order valence-electron chi connectivity index (χ0n) is 20.2. The summed E-state index contributed by atoms with van der Waals surface area (Å²) < 4.78 is 25.1. The average molecular weight is 443 g/mol. The van der Waals surface area contributed by atoms with Gasteiger partial charge in [-0.2, -0.15) is 0 Å². The molecule has 0 aromatic heterocycles. The fraction of sp³-hybridized carbons (Fsp3) is 0.464. The molecule has 0 N–H and O–H groups in total. The lowest BCUT2D eigenvalue weighted by molar-refractivity contribution is -0.137.